The monoisotopic (exact) mass is 350 g/mol. The number of alkyl halides is 3. The molecule has 1 heterocycles. The Morgan fingerprint density at radius 2 is 2.14 bits per heavy atom. The number of ether oxygens (including phenoxy) is 1. The number of rotatable bonds is 3. The Morgan fingerprint density at radius 1 is 1.43 bits per heavy atom. The van der Waals surface area contributed by atoms with Crippen LogP contribution in [0.15, 0.2) is 6.07 Å². The number of amides is 1. The molecule has 0 aromatic carbocycles. The van der Waals surface area contributed by atoms with E-state index in [-0.39, 0.29) is 12.5 Å². The lowest BCUT2D eigenvalue weighted by molar-refractivity contribution is 0.164. The van der Waals surface area contributed by atoms with Crippen molar-refractivity contribution in [2.45, 2.75) is 42.8 Å². The molecule has 116 valence electrons. The van der Waals surface area contributed by atoms with E-state index < -0.39 is 9.89 Å². The molecule has 1 aromatic heterocycles. The summed E-state index contributed by atoms with van der Waals surface area (Å²) in [7, 11) is 0. The number of fused-ring (bicyclic) bond motifs is 1. The molecule has 0 aliphatic heterocycles. The maximum atomic E-state index is 11.8. The van der Waals surface area contributed by atoms with Crippen molar-refractivity contribution in [3.63, 3.8) is 0 Å². The Hall–Kier alpha value is -0.710. The number of nitrogens with zero attached hydrogens (tertiary/aromatic N) is 1. The number of hydrogen-bond donors (Lipinski definition) is 1. The average Bonchev–Trinajstić information content (AvgIpc) is 2.83. The minimum absolute atomic E-state index is 0.286. The molecule has 0 atom stereocenters. The van der Waals surface area contributed by atoms with Gasteiger partial charge in [-0.05, 0) is 36.8 Å². The van der Waals surface area contributed by atoms with E-state index >= 15 is 0 Å². The number of nitrogens with one attached hydrogen (secondary N) is 1. The third-order valence-electron chi connectivity index (χ3n) is 3.27. The largest absolute Gasteiger partial charge is 0.445 e. The van der Waals surface area contributed by atoms with Crippen molar-refractivity contribution >= 4 is 46.6 Å². The molecule has 0 fully saturated rings. The van der Waals surface area contributed by atoms with Gasteiger partial charge in [0.15, 0.2) is 0 Å². The van der Waals surface area contributed by atoms with Crippen LogP contribution in [0.1, 0.15) is 43.1 Å². The zero-order valence-electron chi connectivity index (χ0n) is 11.9. The van der Waals surface area contributed by atoms with Crippen LogP contribution < -0.4 is 5.32 Å². The van der Waals surface area contributed by atoms with Crippen LogP contribution in [-0.2, 0) is 17.6 Å². The first-order valence-electron chi connectivity index (χ1n) is 6.79. The smallest absolute Gasteiger partial charge is 0.411 e. The van der Waals surface area contributed by atoms with Crippen LogP contribution in [0.3, 0.4) is 0 Å². The van der Waals surface area contributed by atoms with E-state index in [2.05, 4.69) is 24.1 Å². The maximum absolute atomic E-state index is 11.8. The van der Waals surface area contributed by atoms with Gasteiger partial charge in [-0.2, -0.15) is 0 Å². The molecular weight excluding hydrogens is 335 g/mol. The van der Waals surface area contributed by atoms with Gasteiger partial charge in [0.2, 0.25) is 3.79 Å². The van der Waals surface area contributed by atoms with Crippen LogP contribution in [0.5, 0.6) is 0 Å². The molecule has 4 nitrogen and oxygen atoms in total. The Morgan fingerprint density at radius 3 is 2.76 bits per heavy atom. The summed E-state index contributed by atoms with van der Waals surface area (Å²) in [5, 5.41) is 2.73. The van der Waals surface area contributed by atoms with E-state index in [9.17, 15) is 4.79 Å². The van der Waals surface area contributed by atoms with Crippen molar-refractivity contribution in [1.82, 2.24) is 4.98 Å². The van der Waals surface area contributed by atoms with Gasteiger partial charge in [0.05, 0.1) is 5.69 Å². The summed E-state index contributed by atoms with van der Waals surface area (Å²) in [5.41, 5.74) is 3.82. The van der Waals surface area contributed by atoms with Crippen LogP contribution in [-0.4, -0.2) is 21.5 Å². The second-order valence-corrected chi connectivity index (χ2v) is 7.86. The zero-order chi connectivity index (χ0) is 15.6. The van der Waals surface area contributed by atoms with Gasteiger partial charge in [0.25, 0.3) is 0 Å². The molecule has 1 aliphatic rings. The topological polar surface area (TPSA) is 51.2 Å². The second kappa shape index (κ2) is 6.59. The summed E-state index contributed by atoms with van der Waals surface area (Å²) < 4.78 is 3.29. The summed E-state index contributed by atoms with van der Waals surface area (Å²) in [6.45, 7) is 3.83. The fourth-order valence-electron chi connectivity index (χ4n) is 2.27. The highest BCUT2D eigenvalue weighted by Gasteiger charge is 2.24. The molecule has 0 saturated heterocycles. The van der Waals surface area contributed by atoms with E-state index in [1.165, 1.54) is 0 Å². The maximum Gasteiger partial charge on any atom is 0.411 e. The van der Waals surface area contributed by atoms with E-state index in [0.717, 1.165) is 41.9 Å². The van der Waals surface area contributed by atoms with Gasteiger partial charge in [-0.15, -0.1) is 0 Å². The number of hydrogen-bond acceptors (Lipinski definition) is 3. The van der Waals surface area contributed by atoms with E-state index in [0.29, 0.717) is 0 Å². The van der Waals surface area contributed by atoms with Gasteiger partial charge in [-0.25, -0.2) is 4.79 Å². The van der Waals surface area contributed by atoms with Gasteiger partial charge in [0, 0.05) is 11.4 Å². The molecule has 1 amide bonds. The Kier molecular flexibility index (Phi) is 5.23. The fraction of sp³-hybridized carbons (Fsp3) is 0.571. The van der Waals surface area contributed by atoms with E-state index in [1.54, 1.807) is 0 Å². The average molecular weight is 352 g/mol. The number of halogens is 3. The second-order valence-electron chi connectivity index (χ2n) is 5.34. The first-order chi connectivity index (χ1) is 9.76. The number of anilines is 1. The van der Waals surface area contributed by atoms with Crippen molar-refractivity contribution in [1.29, 1.82) is 0 Å². The van der Waals surface area contributed by atoms with Crippen molar-refractivity contribution in [2.24, 2.45) is 0 Å². The summed E-state index contributed by atoms with van der Waals surface area (Å²) in [6, 6.07) is 1.89. The fourth-order valence-corrected chi connectivity index (χ4v) is 2.43. The SMILES string of the molecule is CC(C)c1cc(NC(=O)OCC(Cl)(Cl)Cl)c2c(n1)CCC2. The van der Waals surface area contributed by atoms with Crippen molar-refractivity contribution in [2.75, 3.05) is 11.9 Å². The number of pyridine rings is 1. The molecule has 0 bridgehead atoms. The normalized spacial score (nSPS) is 14.2. The van der Waals surface area contributed by atoms with Gasteiger partial charge >= 0.3 is 6.09 Å². The van der Waals surface area contributed by atoms with Crippen LogP contribution >= 0.6 is 34.8 Å². The summed E-state index contributed by atoms with van der Waals surface area (Å²) in [6.07, 6.45) is 2.26. The number of carbonyl (C=O) groups is 1. The minimum Gasteiger partial charge on any atom is -0.445 e. The number of aromatic nitrogens is 1. The number of carbonyl (C=O) groups excluding carboxylic acids is 1. The summed E-state index contributed by atoms with van der Waals surface area (Å²) >= 11 is 16.7. The first kappa shape index (κ1) is 16.7. The lowest BCUT2D eigenvalue weighted by Gasteiger charge is -2.15. The highest BCUT2D eigenvalue weighted by atomic mass is 35.6. The third-order valence-corrected chi connectivity index (χ3v) is 3.59. The van der Waals surface area contributed by atoms with Gasteiger partial charge < -0.3 is 4.74 Å². The molecular formula is C14H17Cl3N2O2. The third kappa shape index (κ3) is 4.63. The van der Waals surface area contributed by atoms with E-state index in [1.807, 2.05) is 6.07 Å². The van der Waals surface area contributed by atoms with Crippen molar-refractivity contribution < 1.29 is 9.53 Å². The number of aryl methyl sites for hydroxylation is 1. The van der Waals surface area contributed by atoms with Crippen molar-refractivity contribution in [3.8, 4) is 0 Å². The van der Waals surface area contributed by atoms with Crippen molar-refractivity contribution in [3.05, 3.63) is 23.0 Å². The molecule has 0 spiro atoms. The molecule has 0 unspecified atom stereocenters. The minimum atomic E-state index is -1.61. The quantitative estimate of drug-likeness (QED) is 0.809. The molecule has 0 saturated carbocycles. The van der Waals surface area contributed by atoms with Gasteiger partial charge in [-0.3, -0.25) is 10.3 Å². The van der Waals surface area contributed by atoms with Gasteiger partial charge in [-0.1, -0.05) is 48.7 Å². The Labute approximate surface area is 139 Å². The molecule has 0 radical (unpaired) electrons. The standard InChI is InChI=1S/C14H17Cl3N2O2/c1-8(2)11-6-12(9-4-3-5-10(9)18-11)19-13(20)21-7-14(15,16)17/h6,8H,3-5,7H2,1-2H3,(H,18,19,20). The Balaban J connectivity index is 2.14. The molecule has 1 aromatic rings. The zero-order valence-corrected chi connectivity index (χ0v) is 14.1. The van der Waals surface area contributed by atoms with Crippen LogP contribution in [0, 0.1) is 0 Å². The van der Waals surface area contributed by atoms with Crippen LogP contribution in [0.2, 0.25) is 0 Å². The predicted octanol–water partition coefficient (Wildman–Crippen LogP) is 4.61. The molecule has 1 aliphatic carbocycles. The van der Waals surface area contributed by atoms with Crippen LogP contribution in [0.25, 0.3) is 0 Å². The predicted molar refractivity (Wildman–Crippen MR) is 85.6 cm³/mol. The first-order valence-corrected chi connectivity index (χ1v) is 7.93. The summed E-state index contributed by atoms with van der Waals surface area (Å²) in [5.74, 6) is 0.286. The molecule has 21 heavy (non-hydrogen) atoms. The highest BCUT2D eigenvalue weighted by molar-refractivity contribution is 6.67. The summed E-state index contributed by atoms with van der Waals surface area (Å²) in [4.78, 5) is 16.5. The lowest BCUT2D eigenvalue weighted by Crippen LogP contribution is -2.22. The highest BCUT2D eigenvalue weighted by Crippen LogP contribution is 2.31. The molecule has 7 heteroatoms. The van der Waals surface area contributed by atoms with Gasteiger partial charge in [0.1, 0.15) is 6.61 Å². The Bertz CT molecular complexity index is 542. The molecule has 1 N–H and O–H groups in total. The molecule has 2 rings (SSSR count). The van der Waals surface area contributed by atoms with Crippen LogP contribution in [0.4, 0.5) is 10.5 Å². The van der Waals surface area contributed by atoms with E-state index in [4.69, 9.17) is 39.5 Å². The lowest BCUT2D eigenvalue weighted by atomic mass is 10.1.